The Labute approximate surface area is 107 Å². The van der Waals surface area contributed by atoms with Crippen LogP contribution in [0.5, 0.6) is 0 Å². The Balaban J connectivity index is -0.000000285. The summed E-state index contributed by atoms with van der Waals surface area (Å²) in [5.74, 6) is 1.76. The molecular weight excluding hydrogens is 214 g/mol. The molecule has 0 aliphatic rings. The van der Waals surface area contributed by atoms with Gasteiger partial charge in [0.2, 0.25) is 0 Å². The maximum absolute atomic E-state index is 4.92. The van der Waals surface area contributed by atoms with Gasteiger partial charge in [-0.15, -0.1) is 0 Å². The second kappa shape index (κ2) is 17.5. The molecular formula is C13H31N3O. The van der Waals surface area contributed by atoms with Crippen LogP contribution < -0.4 is 0 Å². The molecule has 17 heavy (non-hydrogen) atoms. The lowest BCUT2D eigenvalue weighted by Crippen LogP contribution is -2.07. The molecule has 4 heteroatoms. The zero-order valence-corrected chi connectivity index (χ0v) is 13.2. The third kappa shape index (κ3) is 11.4. The van der Waals surface area contributed by atoms with E-state index in [1.54, 1.807) is 7.11 Å². The molecule has 1 aromatic heterocycles. The lowest BCUT2D eigenvalue weighted by molar-refractivity contribution is 0.182. The van der Waals surface area contributed by atoms with Crippen LogP contribution in [-0.4, -0.2) is 28.5 Å². The minimum Gasteiger partial charge on any atom is -0.383 e. The summed E-state index contributed by atoms with van der Waals surface area (Å²) in [5.41, 5.74) is 0. The molecule has 0 N–H and O–H groups in total. The predicted molar refractivity (Wildman–Crippen MR) is 75.4 cm³/mol. The Bertz CT molecular complexity index is 235. The fraction of sp³-hybridized carbons (Fsp3) is 0.846. The number of ether oxygens (including phenoxy) is 1. The van der Waals surface area contributed by atoms with Gasteiger partial charge >= 0.3 is 0 Å². The van der Waals surface area contributed by atoms with Crippen molar-refractivity contribution in [3.63, 3.8) is 0 Å². The molecule has 0 spiro atoms. The first-order chi connectivity index (χ1) is 8.24. The molecule has 0 aliphatic carbocycles. The smallest absolute Gasteiger partial charge is 0.147 e. The van der Waals surface area contributed by atoms with Crippen LogP contribution in [0.15, 0.2) is 0 Å². The average Bonchev–Trinajstić information content (AvgIpc) is 2.72. The maximum atomic E-state index is 4.92. The van der Waals surface area contributed by atoms with E-state index in [-0.39, 0.29) is 0 Å². The fourth-order valence-electron chi connectivity index (χ4n) is 0.951. The molecule has 1 heterocycles. The minimum atomic E-state index is 0.684. The second-order valence-corrected chi connectivity index (χ2v) is 2.42. The van der Waals surface area contributed by atoms with Gasteiger partial charge in [-0.2, -0.15) is 5.10 Å². The first-order valence-corrected chi connectivity index (χ1v) is 6.61. The molecule has 1 aromatic rings. The molecule has 0 aliphatic heterocycles. The van der Waals surface area contributed by atoms with Gasteiger partial charge in [0.05, 0.1) is 13.2 Å². The summed E-state index contributed by atoms with van der Waals surface area (Å²) in [6.45, 7) is 17.3. The van der Waals surface area contributed by atoms with Crippen molar-refractivity contribution >= 4 is 0 Å². The number of aryl methyl sites for hydroxylation is 2. The van der Waals surface area contributed by atoms with Crippen LogP contribution in [0.25, 0.3) is 0 Å². The van der Waals surface area contributed by atoms with E-state index in [0.29, 0.717) is 6.61 Å². The SMILES string of the molecule is CC.CC.CC.COCCn1nc(C)nc1C. The molecule has 0 saturated carbocycles. The number of methoxy groups -OCH3 is 1. The third-order valence-electron chi connectivity index (χ3n) is 1.47. The molecule has 0 radical (unpaired) electrons. The van der Waals surface area contributed by atoms with Gasteiger partial charge in [0.25, 0.3) is 0 Å². The van der Waals surface area contributed by atoms with Crippen molar-refractivity contribution in [3.8, 4) is 0 Å². The quantitative estimate of drug-likeness (QED) is 0.816. The molecule has 1 rings (SSSR count). The summed E-state index contributed by atoms with van der Waals surface area (Å²) in [7, 11) is 1.68. The predicted octanol–water partition coefficient (Wildman–Crippen LogP) is 3.62. The van der Waals surface area contributed by atoms with E-state index in [2.05, 4.69) is 10.1 Å². The normalized spacial score (nSPS) is 7.82. The lowest BCUT2D eigenvalue weighted by atomic mass is 10.6. The first-order valence-electron chi connectivity index (χ1n) is 6.61. The van der Waals surface area contributed by atoms with E-state index in [0.717, 1.165) is 18.2 Å². The van der Waals surface area contributed by atoms with Crippen molar-refractivity contribution in [2.24, 2.45) is 0 Å². The van der Waals surface area contributed by atoms with Gasteiger partial charge in [0.1, 0.15) is 11.6 Å². The Morgan fingerprint density at radius 3 is 1.76 bits per heavy atom. The molecule has 0 aromatic carbocycles. The van der Waals surface area contributed by atoms with Crippen LogP contribution in [0, 0.1) is 13.8 Å². The summed E-state index contributed by atoms with van der Waals surface area (Å²) in [6, 6.07) is 0. The van der Waals surface area contributed by atoms with Gasteiger partial charge in [0.15, 0.2) is 0 Å². The van der Waals surface area contributed by atoms with E-state index < -0.39 is 0 Å². The molecule has 0 fully saturated rings. The van der Waals surface area contributed by atoms with Crippen LogP contribution in [0.3, 0.4) is 0 Å². The van der Waals surface area contributed by atoms with E-state index in [9.17, 15) is 0 Å². The zero-order chi connectivity index (χ0) is 14.3. The largest absolute Gasteiger partial charge is 0.383 e. The monoisotopic (exact) mass is 245 g/mol. The molecule has 4 nitrogen and oxygen atoms in total. The Morgan fingerprint density at radius 2 is 1.47 bits per heavy atom. The van der Waals surface area contributed by atoms with Gasteiger partial charge < -0.3 is 4.74 Å². The minimum absolute atomic E-state index is 0.684. The Kier molecular flexibility index (Phi) is 22.0. The van der Waals surface area contributed by atoms with Crippen LogP contribution in [0.1, 0.15) is 53.2 Å². The van der Waals surface area contributed by atoms with Crippen molar-refractivity contribution in [1.29, 1.82) is 0 Å². The van der Waals surface area contributed by atoms with Crippen molar-refractivity contribution in [2.45, 2.75) is 61.9 Å². The topological polar surface area (TPSA) is 39.9 Å². The highest BCUT2D eigenvalue weighted by Gasteiger charge is 1.99. The summed E-state index contributed by atoms with van der Waals surface area (Å²) >= 11 is 0. The fourth-order valence-corrected chi connectivity index (χ4v) is 0.951. The van der Waals surface area contributed by atoms with Crippen LogP contribution in [0.4, 0.5) is 0 Å². The number of hydrogen-bond acceptors (Lipinski definition) is 3. The maximum Gasteiger partial charge on any atom is 0.147 e. The second-order valence-electron chi connectivity index (χ2n) is 2.42. The highest BCUT2D eigenvalue weighted by molar-refractivity contribution is 4.87. The van der Waals surface area contributed by atoms with Crippen molar-refractivity contribution in [3.05, 3.63) is 11.6 Å². The zero-order valence-electron chi connectivity index (χ0n) is 13.2. The van der Waals surface area contributed by atoms with Crippen molar-refractivity contribution < 1.29 is 4.74 Å². The van der Waals surface area contributed by atoms with E-state index >= 15 is 0 Å². The number of aromatic nitrogens is 3. The number of nitrogens with zero attached hydrogens (tertiary/aromatic N) is 3. The summed E-state index contributed by atoms with van der Waals surface area (Å²) < 4.78 is 6.77. The Hall–Kier alpha value is -0.900. The summed E-state index contributed by atoms with van der Waals surface area (Å²) in [6.07, 6.45) is 0. The average molecular weight is 245 g/mol. The Morgan fingerprint density at radius 1 is 1.00 bits per heavy atom. The lowest BCUT2D eigenvalue weighted by Gasteiger charge is -1.99. The van der Waals surface area contributed by atoms with E-state index in [1.165, 1.54) is 0 Å². The number of hydrogen-bond donors (Lipinski definition) is 0. The van der Waals surface area contributed by atoms with E-state index in [4.69, 9.17) is 4.74 Å². The third-order valence-corrected chi connectivity index (χ3v) is 1.47. The van der Waals surface area contributed by atoms with Crippen LogP contribution in [-0.2, 0) is 11.3 Å². The summed E-state index contributed by atoms with van der Waals surface area (Å²) in [5, 5.41) is 4.17. The molecule has 0 bridgehead atoms. The molecule has 0 unspecified atom stereocenters. The summed E-state index contributed by atoms with van der Waals surface area (Å²) in [4.78, 5) is 4.16. The van der Waals surface area contributed by atoms with Gasteiger partial charge in [0, 0.05) is 7.11 Å². The molecule has 0 atom stereocenters. The van der Waals surface area contributed by atoms with Gasteiger partial charge in [-0.3, -0.25) is 0 Å². The molecule has 0 amide bonds. The highest BCUT2D eigenvalue weighted by Crippen LogP contribution is 1.94. The highest BCUT2D eigenvalue weighted by atomic mass is 16.5. The van der Waals surface area contributed by atoms with Gasteiger partial charge in [-0.25, -0.2) is 9.67 Å². The van der Waals surface area contributed by atoms with Crippen molar-refractivity contribution in [2.75, 3.05) is 13.7 Å². The first kappa shape index (κ1) is 21.4. The van der Waals surface area contributed by atoms with Crippen molar-refractivity contribution in [1.82, 2.24) is 14.8 Å². The van der Waals surface area contributed by atoms with Gasteiger partial charge in [-0.1, -0.05) is 41.5 Å². The van der Waals surface area contributed by atoms with Crippen LogP contribution >= 0.6 is 0 Å². The molecule has 104 valence electrons. The van der Waals surface area contributed by atoms with Gasteiger partial charge in [-0.05, 0) is 13.8 Å². The standard InChI is InChI=1S/C7H13N3O.3C2H6/c1-6-8-7(2)10(9-6)4-5-11-3;3*1-2/h4-5H2,1-3H3;3*1-2H3. The molecule has 0 saturated heterocycles. The van der Waals surface area contributed by atoms with Crippen LogP contribution in [0.2, 0.25) is 0 Å². The van der Waals surface area contributed by atoms with E-state index in [1.807, 2.05) is 60.1 Å². The number of rotatable bonds is 3.